The van der Waals surface area contributed by atoms with Crippen molar-refractivity contribution in [1.29, 1.82) is 0 Å². The van der Waals surface area contributed by atoms with E-state index in [4.69, 9.17) is 0 Å². The van der Waals surface area contributed by atoms with Crippen molar-refractivity contribution in [2.45, 2.75) is 38.5 Å². The van der Waals surface area contributed by atoms with Gasteiger partial charge in [0, 0.05) is 25.7 Å². The topological polar surface area (TPSA) is 34.1 Å². The highest BCUT2D eigenvalue weighted by atomic mass is 79.9. The molecule has 0 heterocycles. The van der Waals surface area contributed by atoms with Crippen LogP contribution in [0.15, 0.2) is 11.1 Å². The molecule has 2 aliphatic rings. The highest BCUT2D eigenvalue weighted by Crippen LogP contribution is 2.53. The molecule has 0 aromatic carbocycles. The summed E-state index contributed by atoms with van der Waals surface area (Å²) in [5.74, 6) is 1.05. The lowest BCUT2D eigenvalue weighted by Gasteiger charge is -2.38. The van der Waals surface area contributed by atoms with Crippen molar-refractivity contribution in [3.05, 3.63) is 11.1 Å². The van der Waals surface area contributed by atoms with Crippen LogP contribution in [0, 0.1) is 11.3 Å². The van der Waals surface area contributed by atoms with Crippen LogP contribution in [-0.4, -0.2) is 11.6 Å². The van der Waals surface area contributed by atoms with Gasteiger partial charge in [0.2, 0.25) is 0 Å². The Balaban J connectivity index is 2.25. The first kappa shape index (κ1) is 11.1. The number of hydrogen-bond donors (Lipinski definition) is 0. The van der Waals surface area contributed by atoms with Crippen molar-refractivity contribution in [2.75, 3.05) is 0 Å². The van der Waals surface area contributed by atoms with Gasteiger partial charge in [-0.15, -0.1) is 0 Å². The fraction of sp³-hybridized carbons (Fsp3) is 0.667. The first-order chi connectivity index (χ1) is 7.02. The monoisotopic (exact) mass is 270 g/mol. The smallest absolute Gasteiger partial charge is 0.133 e. The molecular weight excluding hydrogens is 256 g/mol. The Kier molecular flexibility index (Phi) is 2.84. The molecule has 2 nitrogen and oxygen atoms in total. The summed E-state index contributed by atoms with van der Waals surface area (Å²) < 4.78 is 0.914. The number of rotatable bonds is 2. The van der Waals surface area contributed by atoms with Crippen molar-refractivity contribution in [2.24, 2.45) is 11.3 Å². The SMILES string of the molecule is C=C(Br)C[C@]12CC(=O)CC[C@H]1CC(=O)C2. The molecule has 0 bridgehead atoms. The Morgan fingerprint density at radius 1 is 1.40 bits per heavy atom. The third-order valence-electron chi connectivity index (χ3n) is 3.75. The average Bonchev–Trinajstić information content (AvgIpc) is 2.38. The average molecular weight is 271 g/mol. The predicted molar refractivity (Wildman–Crippen MR) is 61.7 cm³/mol. The zero-order valence-corrected chi connectivity index (χ0v) is 10.3. The number of Topliss-reactive ketones (excluding diaryl/α,β-unsaturated/α-hetero) is 2. The van der Waals surface area contributed by atoms with Gasteiger partial charge in [-0.25, -0.2) is 0 Å². The van der Waals surface area contributed by atoms with E-state index < -0.39 is 0 Å². The molecule has 2 fully saturated rings. The third-order valence-corrected chi connectivity index (χ3v) is 4.03. The molecule has 2 atom stereocenters. The van der Waals surface area contributed by atoms with Crippen molar-refractivity contribution in [1.82, 2.24) is 0 Å². The lowest BCUT2D eigenvalue weighted by molar-refractivity contribution is -0.125. The summed E-state index contributed by atoms with van der Waals surface area (Å²) in [7, 11) is 0. The second kappa shape index (κ2) is 3.85. The summed E-state index contributed by atoms with van der Waals surface area (Å²) in [4.78, 5) is 23.1. The molecule has 2 rings (SSSR count). The normalized spacial score (nSPS) is 35.4. The number of fused-ring (bicyclic) bond motifs is 1. The number of hydrogen-bond acceptors (Lipinski definition) is 2. The summed E-state index contributed by atoms with van der Waals surface area (Å²) in [6.07, 6.45) is 4.16. The fourth-order valence-electron chi connectivity index (χ4n) is 3.18. The van der Waals surface area contributed by atoms with Gasteiger partial charge in [-0.2, -0.15) is 0 Å². The number of allylic oxidation sites excluding steroid dienone is 1. The quantitative estimate of drug-likeness (QED) is 0.773. The van der Waals surface area contributed by atoms with E-state index in [2.05, 4.69) is 22.5 Å². The van der Waals surface area contributed by atoms with E-state index in [1.807, 2.05) is 0 Å². The van der Waals surface area contributed by atoms with Gasteiger partial charge < -0.3 is 0 Å². The molecule has 0 N–H and O–H groups in total. The van der Waals surface area contributed by atoms with Gasteiger partial charge in [-0.1, -0.05) is 22.5 Å². The molecule has 2 saturated carbocycles. The first-order valence-electron chi connectivity index (χ1n) is 5.38. The molecule has 0 amide bonds. The summed E-state index contributed by atoms with van der Waals surface area (Å²) >= 11 is 3.36. The van der Waals surface area contributed by atoms with E-state index >= 15 is 0 Å². The highest BCUT2D eigenvalue weighted by Gasteiger charge is 2.49. The fourth-order valence-corrected chi connectivity index (χ4v) is 3.74. The zero-order chi connectivity index (χ0) is 11.1. The minimum Gasteiger partial charge on any atom is -0.300 e. The minimum atomic E-state index is -0.0903. The van der Waals surface area contributed by atoms with Crippen molar-refractivity contribution in [3.8, 4) is 0 Å². The van der Waals surface area contributed by atoms with Crippen LogP contribution in [0.2, 0.25) is 0 Å². The van der Waals surface area contributed by atoms with E-state index in [9.17, 15) is 9.59 Å². The van der Waals surface area contributed by atoms with E-state index in [0.29, 0.717) is 43.2 Å². The molecule has 2 aliphatic carbocycles. The Morgan fingerprint density at radius 3 is 2.73 bits per heavy atom. The minimum absolute atomic E-state index is 0.0903. The van der Waals surface area contributed by atoms with Gasteiger partial charge in [0.05, 0.1) is 0 Å². The zero-order valence-electron chi connectivity index (χ0n) is 8.72. The molecular formula is C12H15BrO2. The van der Waals surface area contributed by atoms with Gasteiger partial charge >= 0.3 is 0 Å². The predicted octanol–water partition coefficient (Wildman–Crippen LogP) is 3.00. The summed E-state index contributed by atoms with van der Waals surface area (Å²) in [6, 6.07) is 0. The largest absolute Gasteiger partial charge is 0.300 e. The third kappa shape index (κ3) is 2.07. The molecule has 0 saturated heterocycles. The molecule has 0 aliphatic heterocycles. The first-order valence-corrected chi connectivity index (χ1v) is 6.18. The molecule has 0 aromatic rings. The number of ketones is 2. The van der Waals surface area contributed by atoms with E-state index in [0.717, 1.165) is 17.3 Å². The van der Waals surface area contributed by atoms with Crippen LogP contribution in [0.1, 0.15) is 38.5 Å². The maximum Gasteiger partial charge on any atom is 0.133 e. The van der Waals surface area contributed by atoms with E-state index in [1.54, 1.807) is 0 Å². The van der Waals surface area contributed by atoms with Gasteiger partial charge in [0.25, 0.3) is 0 Å². The van der Waals surface area contributed by atoms with Crippen LogP contribution < -0.4 is 0 Å². The molecule has 0 spiro atoms. The van der Waals surface area contributed by atoms with Gasteiger partial charge in [-0.05, 0) is 28.7 Å². The number of carbonyl (C=O) groups is 2. The molecule has 3 heteroatoms. The molecule has 15 heavy (non-hydrogen) atoms. The van der Waals surface area contributed by atoms with Gasteiger partial charge in [-0.3, -0.25) is 9.59 Å². The molecule has 82 valence electrons. The molecule has 0 aromatic heterocycles. The second-order valence-electron chi connectivity index (χ2n) is 4.93. The van der Waals surface area contributed by atoms with Crippen molar-refractivity contribution in [3.63, 3.8) is 0 Å². The Labute approximate surface area is 98.2 Å². The standard InChI is InChI=1S/C12H15BrO2/c1-8(13)5-12-6-10(14)3-2-9(12)4-11(15)7-12/h9H,1-7H2/t9-,12+/m0/s1. The lowest BCUT2D eigenvalue weighted by Crippen LogP contribution is -2.33. The maximum absolute atomic E-state index is 11.5. The van der Waals surface area contributed by atoms with E-state index in [-0.39, 0.29) is 5.41 Å². The Bertz CT molecular complexity index is 329. The van der Waals surface area contributed by atoms with Gasteiger partial charge in [0.1, 0.15) is 11.6 Å². The summed E-state index contributed by atoms with van der Waals surface area (Å²) in [6.45, 7) is 3.85. The number of halogens is 1. The molecule has 0 radical (unpaired) electrons. The van der Waals surface area contributed by atoms with Crippen LogP contribution in [0.4, 0.5) is 0 Å². The van der Waals surface area contributed by atoms with Crippen molar-refractivity contribution < 1.29 is 9.59 Å². The summed E-state index contributed by atoms with van der Waals surface area (Å²) in [5, 5.41) is 0. The van der Waals surface area contributed by atoms with Gasteiger partial charge in [0.15, 0.2) is 0 Å². The Morgan fingerprint density at radius 2 is 2.07 bits per heavy atom. The number of carbonyl (C=O) groups excluding carboxylic acids is 2. The van der Waals surface area contributed by atoms with Crippen LogP contribution >= 0.6 is 15.9 Å². The van der Waals surface area contributed by atoms with Crippen molar-refractivity contribution >= 4 is 27.5 Å². The second-order valence-corrected chi connectivity index (χ2v) is 6.05. The van der Waals surface area contributed by atoms with Crippen LogP contribution in [0.3, 0.4) is 0 Å². The summed E-state index contributed by atoms with van der Waals surface area (Å²) in [5.41, 5.74) is -0.0903. The highest BCUT2D eigenvalue weighted by molar-refractivity contribution is 9.11. The van der Waals surface area contributed by atoms with Crippen LogP contribution in [0.5, 0.6) is 0 Å². The molecule has 0 unspecified atom stereocenters. The van der Waals surface area contributed by atoms with E-state index in [1.165, 1.54) is 0 Å². The Hall–Kier alpha value is -0.440. The van der Waals surface area contributed by atoms with Crippen LogP contribution in [-0.2, 0) is 9.59 Å². The lowest BCUT2D eigenvalue weighted by atomic mass is 9.66. The van der Waals surface area contributed by atoms with Crippen LogP contribution in [0.25, 0.3) is 0 Å². The maximum atomic E-state index is 11.5.